The number of carbonyl (C=O) groups excluding carboxylic acids is 2. The number of benzene rings is 1. The fourth-order valence-electron chi connectivity index (χ4n) is 2.28. The van der Waals surface area contributed by atoms with Gasteiger partial charge in [-0.15, -0.1) is 0 Å². The first-order valence-corrected chi connectivity index (χ1v) is 6.98. The molecule has 1 aromatic heterocycles. The van der Waals surface area contributed by atoms with Crippen molar-refractivity contribution in [3.05, 3.63) is 53.3 Å². The van der Waals surface area contributed by atoms with Crippen LogP contribution in [0.4, 0.5) is 0 Å². The first kappa shape index (κ1) is 15.8. The fourth-order valence-corrected chi connectivity index (χ4v) is 2.28. The Kier molecular flexibility index (Phi) is 4.93. The summed E-state index contributed by atoms with van der Waals surface area (Å²) in [7, 11) is 1.34. The lowest BCUT2D eigenvalue weighted by atomic mass is 9.94. The molecular formula is C16H19N3O3. The van der Waals surface area contributed by atoms with Crippen molar-refractivity contribution in [1.29, 1.82) is 0 Å². The van der Waals surface area contributed by atoms with Gasteiger partial charge in [0.15, 0.2) is 0 Å². The summed E-state index contributed by atoms with van der Waals surface area (Å²) >= 11 is 0. The highest BCUT2D eigenvalue weighted by Gasteiger charge is 2.28. The number of aromatic amines is 1. The number of nitrogens with zero attached hydrogens (tertiary/aromatic N) is 1. The predicted molar refractivity (Wildman–Crippen MR) is 81.2 cm³/mol. The number of ether oxygens (including phenoxy) is 1. The molecule has 0 spiro atoms. The van der Waals surface area contributed by atoms with E-state index in [2.05, 4.69) is 15.5 Å². The van der Waals surface area contributed by atoms with Gasteiger partial charge in [-0.2, -0.15) is 5.10 Å². The molecule has 0 radical (unpaired) electrons. The van der Waals surface area contributed by atoms with Gasteiger partial charge in [0.05, 0.1) is 30.8 Å². The lowest BCUT2D eigenvalue weighted by molar-refractivity contribution is -0.145. The van der Waals surface area contributed by atoms with Gasteiger partial charge in [0.2, 0.25) is 0 Å². The summed E-state index contributed by atoms with van der Waals surface area (Å²) in [4.78, 5) is 24.3. The normalized spacial score (nSPS) is 13.2. The third kappa shape index (κ3) is 3.33. The van der Waals surface area contributed by atoms with E-state index in [1.165, 1.54) is 13.3 Å². The Hall–Kier alpha value is -2.63. The van der Waals surface area contributed by atoms with Gasteiger partial charge in [0, 0.05) is 5.69 Å². The smallest absolute Gasteiger partial charge is 0.310 e. The molecule has 0 saturated carbocycles. The van der Waals surface area contributed by atoms with E-state index in [9.17, 15) is 9.59 Å². The average molecular weight is 301 g/mol. The molecule has 0 aliphatic rings. The Morgan fingerprint density at radius 2 is 1.95 bits per heavy atom. The predicted octanol–water partition coefficient (Wildman–Crippen LogP) is 2.00. The van der Waals surface area contributed by atoms with E-state index in [1.807, 2.05) is 30.3 Å². The van der Waals surface area contributed by atoms with Crippen LogP contribution in [-0.4, -0.2) is 29.2 Å². The summed E-state index contributed by atoms with van der Waals surface area (Å²) < 4.78 is 4.80. The molecular weight excluding hydrogens is 282 g/mol. The van der Waals surface area contributed by atoms with Crippen LogP contribution in [0, 0.1) is 12.8 Å². The van der Waals surface area contributed by atoms with Crippen molar-refractivity contribution in [2.24, 2.45) is 5.92 Å². The van der Waals surface area contributed by atoms with E-state index in [-0.39, 0.29) is 11.9 Å². The first-order valence-electron chi connectivity index (χ1n) is 6.98. The molecule has 0 bridgehead atoms. The molecule has 6 nitrogen and oxygen atoms in total. The summed E-state index contributed by atoms with van der Waals surface area (Å²) in [5, 5.41) is 9.46. The quantitative estimate of drug-likeness (QED) is 0.827. The second-order valence-corrected chi connectivity index (χ2v) is 5.08. The van der Waals surface area contributed by atoms with Crippen LogP contribution in [0.3, 0.4) is 0 Å². The second kappa shape index (κ2) is 6.89. The van der Waals surface area contributed by atoms with Crippen LogP contribution < -0.4 is 5.32 Å². The Balaban J connectivity index is 2.27. The van der Waals surface area contributed by atoms with Gasteiger partial charge in [-0.25, -0.2) is 0 Å². The molecule has 0 aliphatic carbocycles. The highest BCUT2D eigenvalue weighted by molar-refractivity contribution is 5.95. The van der Waals surface area contributed by atoms with Gasteiger partial charge in [-0.05, 0) is 19.4 Å². The highest BCUT2D eigenvalue weighted by Crippen LogP contribution is 2.23. The Morgan fingerprint density at radius 3 is 2.50 bits per heavy atom. The topological polar surface area (TPSA) is 84.1 Å². The molecule has 6 heteroatoms. The van der Waals surface area contributed by atoms with Crippen molar-refractivity contribution in [3.8, 4) is 0 Å². The summed E-state index contributed by atoms with van der Waals surface area (Å²) in [5.74, 6) is -1.17. The number of aromatic nitrogens is 2. The molecule has 1 aromatic carbocycles. The van der Waals surface area contributed by atoms with E-state index >= 15 is 0 Å². The third-order valence-electron chi connectivity index (χ3n) is 3.59. The van der Waals surface area contributed by atoms with Crippen molar-refractivity contribution in [3.63, 3.8) is 0 Å². The molecule has 2 aromatic rings. The standard InChI is InChI=1S/C16H19N3O3/c1-10(16(21)22-3)14(12-7-5-4-6-8-12)18-15(20)13-9-17-19-11(13)2/h4-10,14H,1-3H3,(H,17,19)(H,18,20)/t10-,14+/m0/s1. The van der Waals surface area contributed by atoms with Crippen molar-refractivity contribution in [2.45, 2.75) is 19.9 Å². The number of aryl methyl sites for hydroxylation is 1. The maximum Gasteiger partial charge on any atom is 0.310 e. The van der Waals surface area contributed by atoms with Gasteiger partial charge >= 0.3 is 5.97 Å². The van der Waals surface area contributed by atoms with Gasteiger partial charge in [-0.3, -0.25) is 14.7 Å². The molecule has 1 amide bonds. The largest absolute Gasteiger partial charge is 0.469 e. The SMILES string of the molecule is COC(=O)[C@@H](C)[C@@H](NC(=O)c1cn[nH]c1C)c1ccccc1. The minimum absolute atomic E-state index is 0.282. The Morgan fingerprint density at radius 1 is 1.27 bits per heavy atom. The Labute approximate surface area is 128 Å². The number of hydrogen-bond acceptors (Lipinski definition) is 4. The zero-order valence-electron chi connectivity index (χ0n) is 12.8. The van der Waals surface area contributed by atoms with Gasteiger partial charge in [0.25, 0.3) is 5.91 Å². The molecule has 116 valence electrons. The zero-order chi connectivity index (χ0) is 16.1. The van der Waals surface area contributed by atoms with Crippen molar-refractivity contribution in [2.75, 3.05) is 7.11 Å². The maximum absolute atomic E-state index is 12.4. The van der Waals surface area contributed by atoms with Crippen LogP contribution in [0.5, 0.6) is 0 Å². The number of hydrogen-bond donors (Lipinski definition) is 2. The summed E-state index contributed by atoms with van der Waals surface area (Å²) in [6.45, 7) is 3.50. The number of rotatable bonds is 5. The highest BCUT2D eigenvalue weighted by atomic mass is 16.5. The van der Waals surface area contributed by atoms with Gasteiger partial charge < -0.3 is 10.1 Å². The van der Waals surface area contributed by atoms with Crippen molar-refractivity contribution in [1.82, 2.24) is 15.5 Å². The molecule has 0 saturated heterocycles. The minimum atomic E-state index is -0.511. The third-order valence-corrected chi connectivity index (χ3v) is 3.59. The van der Waals surface area contributed by atoms with Gasteiger partial charge in [-0.1, -0.05) is 30.3 Å². The summed E-state index contributed by atoms with van der Waals surface area (Å²) in [6, 6.07) is 8.86. The number of amides is 1. The van der Waals surface area contributed by atoms with Crippen LogP contribution in [-0.2, 0) is 9.53 Å². The molecule has 0 fully saturated rings. The van der Waals surface area contributed by atoms with E-state index in [0.29, 0.717) is 11.3 Å². The monoisotopic (exact) mass is 301 g/mol. The zero-order valence-corrected chi connectivity index (χ0v) is 12.8. The maximum atomic E-state index is 12.4. The van der Waals surface area contributed by atoms with Gasteiger partial charge in [0.1, 0.15) is 0 Å². The lowest BCUT2D eigenvalue weighted by Gasteiger charge is -2.24. The fraction of sp³-hybridized carbons (Fsp3) is 0.312. The minimum Gasteiger partial charge on any atom is -0.469 e. The van der Waals surface area contributed by atoms with E-state index in [0.717, 1.165) is 5.56 Å². The molecule has 2 N–H and O–H groups in total. The number of esters is 1. The van der Waals surface area contributed by atoms with Crippen LogP contribution in [0.25, 0.3) is 0 Å². The summed E-state index contributed by atoms with van der Waals surface area (Å²) in [6.07, 6.45) is 1.47. The van der Waals surface area contributed by atoms with Crippen LogP contribution in [0.2, 0.25) is 0 Å². The van der Waals surface area contributed by atoms with E-state index in [1.54, 1.807) is 13.8 Å². The van der Waals surface area contributed by atoms with Crippen molar-refractivity contribution < 1.29 is 14.3 Å². The molecule has 2 rings (SSSR count). The molecule has 1 heterocycles. The van der Waals surface area contributed by atoms with E-state index < -0.39 is 12.0 Å². The van der Waals surface area contributed by atoms with E-state index in [4.69, 9.17) is 4.74 Å². The number of H-pyrrole nitrogens is 1. The number of nitrogens with one attached hydrogen (secondary N) is 2. The van der Waals surface area contributed by atoms with Crippen LogP contribution in [0.1, 0.15) is 34.6 Å². The van der Waals surface area contributed by atoms with Crippen LogP contribution in [0.15, 0.2) is 36.5 Å². The first-order chi connectivity index (χ1) is 10.5. The second-order valence-electron chi connectivity index (χ2n) is 5.08. The molecule has 0 unspecified atom stereocenters. The molecule has 22 heavy (non-hydrogen) atoms. The molecule has 0 aliphatic heterocycles. The number of methoxy groups -OCH3 is 1. The lowest BCUT2D eigenvalue weighted by Crippen LogP contribution is -2.36. The summed E-state index contributed by atoms with van der Waals surface area (Å²) in [5.41, 5.74) is 1.97. The Bertz CT molecular complexity index is 652. The van der Waals surface area contributed by atoms with Crippen LogP contribution >= 0.6 is 0 Å². The van der Waals surface area contributed by atoms with Crippen molar-refractivity contribution >= 4 is 11.9 Å². The number of carbonyl (C=O) groups is 2. The average Bonchev–Trinajstić information content (AvgIpc) is 2.98. The molecule has 2 atom stereocenters.